The molecule has 0 unspecified atom stereocenters. The lowest BCUT2D eigenvalue weighted by molar-refractivity contribution is 0.0526. The summed E-state index contributed by atoms with van der Waals surface area (Å²) in [7, 11) is 0. The van der Waals surface area contributed by atoms with E-state index in [0.717, 1.165) is 24.3 Å². The molecule has 3 heteroatoms. The van der Waals surface area contributed by atoms with Crippen LogP contribution in [0.3, 0.4) is 0 Å². The highest BCUT2D eigenvalue weighted by atomic mass is 16.5. The molecule has 0 radical (unpaired) electrons. The molecule has 30 heavy (non-hydrogen) atoms. The highest BCUT2D eigenvalue weighted by molar-refractivity contribution is 5.92. The van der Waals surface area contributed by atoms with Gasteiger partial charge >= 0.3 is 5.97 Å². The first-order valence-electron chi connectivity index (χ1n) is 11.3. The number of esters is 1. The fraction of sp³-hybridized carbons (Fsp3) is 0.444. The molecule has 0 aliphatic carbocycles. The van der Waals surface area contributed by atoms with Crippen molar-refractivity contribution in [2.75, 3.05) is 13.2 Å². The number of ether oxygens (including phenoxy) is 2. The third-order valence-electron chi connectivity index (χ3n) is 4.88. The van der Waals surface area contributed by atoms with Gasteiger partial charge in [-0.2, -0.15) is 0 Å². The standard InChI is InChI=1S/C27H34O3/c1-3-5-6-7-8-9-10-13-22-30-25-20-17-23(18-21-25)16-19-24-14-11-12-15-26(24)27(28)29-4-2/h11-12,14-15,17-18,20-21H,3-10,13,22H2,1-2H3. The van der Waals surface area contributed by atoms with Crippen molar-refractivity contribution in [1.29, 1.82) is 0 Å². The second kappa shape index (κ2) is 14.3. The van der Waals surface area contributed by atoms with Gasteiger partial charge < -0.3 is 9.47 Å². The first kappa shape index (κ1) is 23.5. The predicted octanol–water partition coefficient (Wildman–Crippen LogP) is 6.78. The molecule has 2 aromatic rings. The number of hydrogen-bond acceptors (Lipinski definition) is 3. The Labute approximate surface area is 181 Å². The second-order valence-electron chi connectivity index (χ2n) is 7.36. The number of hydrogen-bond donors (Lipinski definition) is 0. The molecule has 2 aromatic carbocycles. The Morgan fingerprint density at radius 2 is 1.47 bits per heavy atom. The normalized spacial score (nSPS) is 10.2. The van der Waals surface area contributed by atoms with Gasteiger partial charge in [0.1, 0.15) is 5.75 Å². The molecule has 0 aromatic heterocycles. The minimum Gasteiger partial charge on any atom is -0.494 e. The molecule has 2 rings (SSSR count). The maximum absolute atomic E-state index is 12.0. The fourth-order valence-corrected chi connectivity index (χ4v) is 3.18. The van der Waals surface area contributed by atoms with Gasteiger partial charge in [-0.1, -0.05) is 75.8 Å². The third kappa shape index (κ3) is 8.74. The van der Waals surface area contributed by atoms with Gasteiger partial charge in [-0.25, -0.2) is 4.79 Å². The maximum Gasteiger partial charge on any atom is 0.339 e. The number of unbranched alkanes of at least 4 members (excludes halogenated alkanes) is 7. The molecule has 3 nitrogen and oxygen atoms in total. The number of carbonyl (C=O) groups is 1. The van der Waals surface area contributed by atoms with Crippen LogP contribution in [0.2, 0.25) is 0 Å². The van der Waals surface area contributed by atoms with Crippen LogP contribution in [0.4, 0.5) is 0 Å². The summed E-state index contributed by atoms with van der Waals surface area (Å²) >= 11 is 0. The summed E-state index contributed by atoms with van der Waals surface area (Å²) in [6, 6.07) is 15.1. The van der Waals surface area contributed by atoms with E-state index in [9.17, 15) is 4.79 Å². The molecule has 0 aliphatic rings. The second-order valence-corrected chi connectivity index (χ2v) is 7.36. The van der Waals surface area contributed by atoms with Gasteiger partial charge in [-0.3, -0.25) is 0 Å². The van der Waals surface area contributed by atoms with Gasteiger partial charge in [0.05, 0.1) is 18.8 Å². The molecule has 0 N–H and O–H groups in total. The Morgan fingerprint density at radius 3 is 2.17 bits per heavy atom. The van der Waals surface area contributed by atoms with Gasteiger partial charge in [0, 0.05) is 11.1 Å². The summed E-state index contributed by atoms with van der Waals surface area (Å²) < 4.78 is 10.9. The topological polar surface area (TPSA) is 35.5 Å². The zero-order valence-corrected chi connectivity index (χ0v) is 18.4. The van der Waals surface area contributed by atoms with Crippen molar-refractivity contribution in [3.63, 3.8) is 0 Å². The average Bonchev–Trinajstić information content (AvgIpc) is 2.78. The Hall–Kier alpha value is -2.73. The molecular weight excluding hydrogens is 372 g/mol. The molecule has 0 amide bonds. The maximum atomic E-state index is 12.0. The molecule has 0 aliphatic heterocycles. The molecule has 0 heterocycles. The Bertz CT molecular complexity index is 812. The molecule has 0 saturated carbocycles. The first-order chi connectivity index (χ1) is 14.7. The number of benzene rings is 2. The Morgan fingerprint density at radius 1 is 0.800 bits per heavy atom. The van der Waals surface area contributed by atoms with Crippen LogP contribution in [0.5, 0.6) is 5.75 Å². The van der Waals surface area contributed by atoms with Crippen molar-refractivity contribution in [2.45, 2.75) is 65.2 Å². The predicted molar refractivity (Wildman–Crippen MR) is 123 cm³/mol. The van der Waals surface area contributed by atoms with Crippen LogP contribution < -0.4 is 4.74 Å². The van der Waals surface area contributed by atoms with E-state index < -0.39 is 0 Å². The zero-order chi connectivity index (χ0) is 21.4. The van der Waals surface area contributed by atoms with E-state index in [1.165, 1.54) is 44.9 Å². The molecule has 0 atom stereocenters. The summed E-state index contributed by atoms with van der Waals surface area (Å²) in [6.07, 6.45) is 10.4. The van der Waals surface area contributed by atoms with Gasteiger partial charge in [-0.05, 0) is 49.7 Å². The van der Waals surface area contributed by atoms with Crippen molar-refractivity contribution in [1.82, 2.24) is 0 Å². The molecular formula is C27H34O3. The summed E-state index contributed by atoms with van der Waals surface area (Å²) in [5, 5.41) is 0. The zero-order valence-electron chi connectivity index (χ0n) is 18.4. The lowest BCUT2D eigenvalue weighted by atomic mass is 10.1. The summed E-state index contributed by atoms with van der Waals surface area (Å²) in [5.74, 6) is 6.73. The molecule has 0 spiro atoms. The van der Waals surface area contributed by atoms with Crippen molar-refractivity contribution in [2.24, 2.45) is 0 Å². The lowest BCUT2D eigenvalue weighted by Crippen LogP contribution is -2.06. The average molecular weight is 407 g/mol. The van der Waals surface area contributed by atoms with Crippen LogP contribution in [-0.4, -0.2) is 19.2 Å². The van der Waals surface area contributed by atoms with E-state index in [-0.39, 0.29) is 5.97 Å². The van der Waals surface area contributed by atoms with Gasteiger partial charge in [0.2, 0.25) is 0 Å². The van der Waals surface area contributed by atoms with Crippen LogP contribution in [0.25, 0.3) is 0 Å². The van der Waals surface area contributed by atoms with Crippen molar-refractivity contribution >= 4 is 5.97 Å². The number of carbonyl (C=O) groups excluding carboxylic acids is 1. The fourth-order valence-electron chi connectivity index (χ4n) is 3.18. The monoisotopic (exact) mass is 406 g/mol. The summed E-state index contributed by atoms with van der Waals surface area (Å²) in [5.41, 5.74) is 2.05. The largest absolute Gasteiger partial charge is 0.494 e. The van der Waals surface area contributed by atoms with Gasteiger partial charge in [0.15, 0.2) is 0 Å². The highest BCUT2D eigenvalue weighted by Gasteiger charge is 2.09. The van der Waals surface area contributed by atoms with E-state index in [1.807, 2.05) is 42.5 Å². The Balaban J connectivity index is 1.78. The van der Waals surface area contributed by atoms with Crippen LogP contribution in [0, 0.1) is 11.8 Å². The van der Waals surface area contributed by atoms with Crippen LogP contribution >= 0.6 is 0 Å². The molecule has 0 fully saturated rings. The lowest BCUT2D eigenvalue weighted by Gasteiger charge is -2.06. The summed E-state index contributed by atoms with van der Waals surface area (Å²) in [6.45, 7) is 5.15. The first-order valence-corrected chi connectivity index (χ1v) is 11.3. The van der Waals surface area contributed by atoms with E-state index in [1.54, 1.807) is 13.0 Å². The van der Waals surface area contributed by atoms with Crippen LogP contribution in [-0.2, 0) is 4.74 Å². The SMILES string of the molecule is CCCCCCCCCCOc1ccc(C#Cc2ccccc2C(=O)OCC)cc1. The smallest absolute Gasteiger partial charge is 0.339 e. The van der Waals surface area contributed by atoms with Gasteiger partial charge in [0.25, 0.3) is 0 Å². The molecule has 160 valence electrons. The third-order valence-corrected chi connectivity index (χ3v) is 4.88. The van der Waals surface area contributed by atoms with Crippen LogP contribution in [0.15, 0.2) is 48.5 Å². The van der Waals surface area contributed by atoms with E-state index in [4.69, 9.17) is 9.47 Å². The molecule has 0 bridgehead atoms. The minimum absolute atomic E-state index is 0.341. The van der Waals surface area contributed by atoms with Gasteiger partial charge in [-0.15, -0.1) is 0 Å². The van der Waals surface area contributed by atoms with Crippen LogP contribution in [0.1, 0.15) is 86.7 Å². The van der Waals surface area contributed by atoms with E-state index in [0.29, 0.717) is 17.7 Å². The van der Waals surface area contributed by atoms with Crippen molar-refractivity contribution in [3.8, 4) is 17.6 Å². The number of rotatable bonds is 12. The van der Waals surface area contributed by atoms with E-state index >= 15 is 0 Å². The molecule has 0 saturated heterocycles. The quantitative estimate of drug-likeness (QED) is 0.221. The minimum atomic E-state index is -0.341. The van der Waals surface area contributed by atoms with E-state index in [2.05, 4.69) is 18.8 Å². The van der Waals surface area contributed by atoms with Crippen molar-refractivity contribution in [3.05, 3.63) is 65.2 Å². The van der Waals surface area contributed by atoms with Crippen molar-refractivity contribution < 1.29 is 14.3 Å². The highest BCUT2D eigenvalue weighted by Crippen LogP contribution is 2.14. The summed E-state index contributed by atoms with van der Waals surface area (Å²) in [4.78, 5) is 12.0. The Kier molecular flexibility index (Phi) is 11.2.